The third kappa shape index (κ3) is 3.91. The van der Waals surface area contributed by atoms with Gasteiger partial charge in [0, 0.05) is 21.8 Å². The maximum absolute atomic E-state index is 13.4. The van der Waals surface area contributed by atoms with Crippen molar-refractivity contribution < 1.29 is 23.8 Å². The number of carbonyl (C=O) groups is 2. The lowest BCUT2D eigenvalue weighted by molar-refractivity contribution is -0.136. The van der Waals surface area contributed by atoms with Crippen molar-refractivity contribution in [2.24, 2.45) is 0 Å². The van der Waals surface area contributed by atoms with Crippen molar-refractivity contribution in [3.63, 3.8) is 0 Å². The number of esters is 1. The number of halogens is 1. The van der Waals surface area contributed by atoms with Gasteiger partial charge in [-0.15, -0.1) is 0 Å². The van der Waals surface area contributed by atoms with Crippen molar-refractivity contribution in [2.75, 3.05) is 26.2 Å². The van der Waals surface area contributed by atoms with Gasteiger partial charge in [0.15, 0.2) is 0 Å². The fraction of sp³-hybridized carbons (Fsp3) is 0.182. The van der Waals surface area contributed by atoms with E-state index in [1.807, 2.05) is 12.1 Å². The lowest BCUT2D eigenvalue weighted by Crippen LogP contribution is -2.24. The molecule has 0 aliphatic carbocycles. The molecule has 0 unspecified atom stereocenters. The third-order valence-electron chi connectivity index (χ3n) is 4.59. The Kier molecular flexibility index (Phi) is 6.08. The van der Waals surface area contributed by atoms with Crippen molar-refractivity contribution in [2.45, 2.75) is 6.92 Å². The number of hydrogen-bond acceptors (Lipinski definition) is 5. The highest BCUT2D eigenvalue weighted by Crippen LogP contribution is 2.37. The molecular formula is C22H20BrNO5. The lowest BCUT2D eigenvalue weighted by atomic mass is 10.0. The van der Waals surface area contributed by atoms with E-state index in [1.165, 1.54) is 12.0 Å². The Balaban J connectivity index is 2.18. The first-order valence-electron chi connectivity index (χ1n) is 8.74. The molecule has 0 saturated carbocycles. The van der Waals surface area contributed by atoms with Crippen LogP contribution in [0.2, 0.25) is 0 Å². The molecule has 2 aromatic rings. The van der Waals surface area contributed by atoms with Crippen molar-refractivity contribution in [1.29, 1.82) is 0 Å². The molecule has 6 nitrogen and oxygen atoms in total. The molecule has 0 saturated heterocycles. The van der Waals surface area contributed by atoms with Gasteiger partial charge in [-0.3, -0.25) is 9.69 Å². The second-order valence-corrected chi connectivity index (χ2v) is 7.15. The average Bonchev–Trinajstić information content (AvgIpc) is 2.97. The first kappa shape index (κ1) is 20.7. The highest BCUT2D eigenvalue weighted by atomic mass is 79.9. The lowest BCUT2D eigenvalue weighted by Gasteiger charge is -2.18. The summed E-state index contributed by atoms with van der Waals surface area (Å²) in [5, 5.41) is 0. The van der Waals surface area contributed by atoms with Gasteiger partial charge in [-0.1, -0.05) is 22.0 Å². The van der Waals surface area contributed by atoms with Crippen LogP contribution in [-0.4, -0.2) is 33.2 Å². The molecule has 7 heteroatoms. The molecule has 2 aromatic carbocycles. The van der Waals surface area contributed by atoms with E-state index in [2.05, 4.69) is 15.9 Å². The van der Waals surface area contributed by atoms with E-state index in [1.54, 1.807) is 57.6 Å². The summed E-state index contributed by atoms with van der Waals surface area (Å²) in [6.07, 6.45) is 1.64. The topological polar surface area (TPSA) is 65.1 Å². The molecule has 0 fully saturated rings. The molecule has 3 rings (SSSR count). The first-order chi connectivity index (χ1) is 13.9. The molecule has 0 bridgehead atoms. The number of allylic oxidation sites excluding steroid dienone is 1. The summed E-state index contributed by atoms with van der Waals surface area (Å²) in [7, 11) is 4.39. The van der Waals surface area contributed by atoms with Crippen LogP contribution in [0.25, 0.3) is 6.08 Å². The summed E-state index contributed by atoms with van der Waals surface area (Å²) in [5.41, 5.74) is 2.18. The van der Waals surface area contributed by atoms with Gasteiger partial charge in [0.2, 0.25) is 0 Å². The Hall–Kier alpha value is -3.06. The van der Waals surface area contributed by atoms with Gasteiger partial charge in [0.05, 0.1) is 38.2 Å². The minimum Gasteiger partial charge on any atom is -0.497 e. The summed E-state index contributed by atoms with van der Waals surface area (Å²) in [6, 6.07) is 12.5. The highest BCUT2D eigenvalue weighted by molar-refractivity contribution is 9.10. The number of amides is 1. The largest absolute Gasteiger partial charge is 0.497 e. The Morgan fingerprint density at radius 1 is 1.07 bits per heavy atom. The minimum atomic E-state index is -0.582. The molecule has 1 amide bonds. The van der Waals surface area contributed by atoms with Crippen LogP contribution in [0, 0.1) is 0 Å². The van der Waals surface area contributed by atoms with Crippen molar-refractivity contribution >= 4 is 39.6 Å². The number of hydrogen-bond donors (Lipinski definition) is 0. The molecule has 150 valence electrons. The van der Waals surface area contributed by atoms with E-state index < -0.39 is 5.97 Å². The van der Waals surface area contributed by atoms with Gasteiger partial charge < -0.3 is 14.2 Å². The number of benzene rings is 2. The Labute approximate surface area is 177 Å². The molecule has 0 N–H and O–H groups in total. The van der Waals surface area contributed by atoms with Gasteiger partial charge in [-0.25, -0.2) is 4.79 Å². The van der Waals surface area contributed by atoms with Gasteiger partial charge >= 0.3 is 5.97 Å². The van der Waals surface area contributed by atoms with Crippen LogP contribution in [0.1, 0.15) is 12.5 Å². The number of rotatable bonds is 5. The zero-order chi connectivity index (χ0) is 21.1. The Morgan fingerprint density at radius 2 is 1.83 bits per heavy atom. The predicted molar refractivity (Wildman–Crippen MR) is 114 cm³/mol. The molecular weight excluding hydrogens is 438 g/mol. The van der Waals surface area contributed by atoms with Crippen LogP contribution in [0.15, 0.2) is 63.8 Å². The van der Waals surface area contributed by atoms with Crippen molar-refractivity contribution in [1.82, 2.24) is 0 Å². The van der Waals surface area contributed by atoms with Crippen LogP contribution >= 0.6 is 15.9 Å². The van der Waals surface area contributed by atoms with Crippen LogP contribution in [0.5, 0.6) is 11.5 Å². The van der Waals surface area contributed by atoms with Gasteiger partial charge in [0.25, 0.3) is 5.91 Å². The fourth-order valence-electron chi connectivity index (χ4n) is 3.21. The average molecular weight is 458 g/mol. The summed E-state index contributed by atoms with van der Waals surface area (Å²) in [5.74, 6) is 0.267. The van der Waals surface area contributed by atoms with Crippen LogP contribution in [0.4, 0.5) is 5.69 Å². The SMILES string of the molecule is COC(=O)C1=C(C)N(c2cccc(OC)c2)C(=O)/C1=C\c1cc(Br)ccc1OC. The van der Waals surface area contributed by atoms with E-state index in [-0.39, 0.29) is 17.1 Å². The maximum atomic E-state index is 13.4. The fourth-order valence-corrected chi connectivity index (χ4v) is 3.59. The van der Waals surface area contributed by atoms with Gasteiger partial charge in [-0.2, -0.15) is 0 Å². The van der Waals surface area contributed by atoms with Gasteiger partial charge in [0.1, 0.15) is 11.5 Å². The van der Waals surface area contributed by atoms with E-state index in [4.69, 9.17) is 14.2 Å². The standard InChI is InChI=1S/C22H20BrNO5/c1-13-20(22(26)29-4)18(11-14-10-15(23)8-9-19(14)28-3)21(25)24(13)16-6-5-7-17(12-16)27-2/h5-12H,1-4H3/b18-11-. The Bertz CT molecular complexity index is 1040. The first-order valence-corrected chi connectivity index (χ1v) is 9.53. The number of carbonyl (C=O) groups excluding carboxylic acids is 2. The monoisotopic (exact) mass is 457 g/mol. The summed E-state index contributed by atoms with van der Waals surface area (Å²) in [6.45, 7) is 1.71. The number of ether oxygens (including phenoxy) is 3. The maximum Gasteiger partial charge on any atom is 0.340 e. The van der Waals surface area contributed by atoms with E-state index in [0.717, 1.165) is 4.47 Å². The zero-order valence-electron chi connectivity index (χ0n) is 16.5. The quantitative estimate of drug-likeness (QED) is 0.493. The van der Waals surface area contributed by atoms with Crippen molar-refractivity contribution in [3.8, 4) is 11.5 Å². The number of methoxy groups -OCH3 is 3. The zero-order valence-corrected chi connectivity index (χ0v) is 18.1. The molecule has 0 aromatic heterocycles. The Morgan fingerprint density at radius 3 is 2.48 bits per heavy atom. The summed E-state index contributed by atoms with van der Waals surface area (Å²) in [4.78, 5) is 27.4. The highest BCUT2D eigenvalue weighted by Gasteiger charge is 2.38. The van der Waals surface area contributed by atoms with Crippen LogP contribution < -0.4 is 14.4 Å². The molecule has 1 aliphatic heterocycles. The summed E-state index contributed by atoms with van der Waals surface area (Å²) < 4.78 is 16.4. The van der Waals surface area contributed by atoms with E-state index in [9.17, 15) is 9.59 Å². The van der Waals surface area contributed by atoms with E-state index >= 15 is 0 Å². The molecule has 29 heavy (non-hydrogen) atoms. The smallest absolute Gasteiger partial charge is 0.340 e. The van der Waals surface area contributed by atoms with Crippen LogP contribution in [0.3, 0.4) is 0 Å². The molecule has 1 aliphatic rings. The van der Waals surface area contributed by atoms with Crippen molar-refractivity contribution in [3.05, 3.63) is 69.3 Å². The normalized spacial score (nSPS) is 15.1. The molecule has 0 radical (unpaired) electrons. The minimum absolute atomic E-state index is 0.211. The summed E-state index contributed by atoms with van der Waals surface area (Å²) >= 11 is 3.43. The molecule has 1 heterocycles. The number of nitrogens with zero attached hydrogens (tertiary/aromatic N) is 1. The second-order valence-electron chi connectivity index (χ2n) is 6.24. The third-order valence-corrected chi connectivity index (χ3v) is 5.09. The van der Waals surface area contributed by atoms with Crippen LogP contribution in [-0.2, 0) is 14.3 Å². The predicted octanol–water partition coefficient (Wildman–Crippen LogP) is 4.34. The molecule has 0 atom stereocenters. The number of anilines is 1. The molecule has 0 spiro atoms. The van der Waals surface area contributed by atoms with E-state index in [0.29, 0.717) is 28.4 Å². The second kappa shape index (κ2) is 8.53. The van der Waals surface area contributed by atoms with Gasteiger partial charge in [-0.05, 0) is 43.3 Å².